The Kier molecular flexibility index (Phi) is 5.87. The van der Waals surface area contributed by atoms with Gasteiger partial charge in [0.15, 0.2) is 0 Å². The van der Waals surface area contributed by atoms with Crippen molar-refractivity contribution in [2.45, 2.75) is 10.9 Å². The van der Waals surface area contributed by atoms with Crippen molar-refractivity contribution in [3.8, 4) is 0 Å². The fraction of sp³-hybridized carbons (Fsp3) is 0.286. The fourth-order valence-corrected chi connectivity index (χ4v) is 5.39. The topological polar surface area (TPSA) is 49.4 Å². The summed E-state index contributed by atoms with van der Waals surface area (Å²) in [6.07, 6.45) is 0. The first-order valence-electron chi connectivity index (χ1n) is 6.46. The standard InChI is InChI=1S/C14H16Cl2N2O2S2/c1-18(2)9-11(10-6-4-3-5-7-10)17-22(19,20)12-8-13(15)21-14(12)16/h3-8,11,17H,9H2,1-2H3. The second-order valence-corrected chi connectivity index (χ2v) is 9.00. The molecule has 4 nitrogen and oxygen atoms in total. The van der Waals surface area contributed by atoms with Crippen LogP contribution < -0.4 is 4.72 Å². The van der Waals surface area contributed by atoms with Gasteiger partial charge in [-0.15, -0.1) is 11.3 Å². The van der Waals surface area contributed by atoms with Gasteiger partial charge in [0.1, 0.15) is 9.23 Å². The Morgan fingerprint density at radius 2 is 1.86 bits per heavy atom. The molecule has 0 bridgehead atoms. The first-order valence-corrected chi connectivity index (χ1v) is 9.52. The van der Waals surface area contributed by atoms with Crippen LogP contribution in [0, 0.1) is 0 Å². The van der Waals surface area contributed by atoms with Gasteiger partial charge in [0.05, 0.1) is 10.4 Å². The van der Waals surface area contributed by atoms with Gasteiger partial charge in [-0.3, -0.25) is 0 Å². The van der Waals surface area contributed by atoms with E-state index in [1.807, 2.05) is 49.3 Å². The van der Waals surface area contributed by atoms with Crippen LogP contribution in [0.4, 0.5) is 0 Å². The maximum atomic E-state index is 12.6. The number of hydrogen-bond donors (Lipinski definition) is 1. The number of likely N-dealkylation sites (N-methyl/N-ethyl adjacent to an activating group) is 1. The van der Waals surface area contributed by atoms with Gasteiger partial charge in [-0.2, -0.15) is 0 Å². The third kappa shape index (κ3) is 4.44. The maximum absolute atomic E-state index is 12.6. The molecule has 0 aliphatic carbocycles. The number of halogens is 2. The summed E-state index contributed by atoms with van der Waals surface area (Å²) in [4.78, 5) is 1.94. The highest BCUT2D eigenvalue weighted by Crippen LogP contribution is 2.34. The summed E-state index contributed by atoms with van der Waals surface area (Å²) in [5, 5.41) is 0. The van der Waals surface area contributed by atoms with Crippen LogP contribution in [0.3, 0.4) is 0 Å². The summed E-state index contributed by atoms with van der Waals surface area (Å²) < 4.78 is 28.3. The molecule has 1 aromatic heterocycles. The van der Waals surface area contributed by atoms with Gasteiger partial charge in [0.25, 0.3) is 0 Å². The van der Waals surface area contributed by atoms with Crippen LogP contribution in [0.2, 0.25) is 8.67 Å². The van der Waals surface area contributed by atoms with E-state index in [0.29, 0.717) is 10.9 Å². The van der Waals surface area contributed by atoms with E-state index in [2.05, 4.69) is 4.72 Å². The first-order chi connectivity index (χ1) is 10.3. The van der Waals surface area contributed by atoms with Gasteiger partial charge in [-0.05, 0) is 25.7 Å². The van der Waals surface area contributed by atoms with Gasteiger partial charge < -0.3 is 4.90 Å². The van der Waals surface area contributed by atoms with E-state index in [0.717, 1.165) is 16.9 Å². The highest BCUT2D eigenvalue weighted by Gasteiger charge is 2.25. The van der Waals surface area contributed by atoms with E-state index >= 15 is 0 Å². The summed E-state index contributed by atoms with van der Waals surface area (Å²) >= 11 is 12.8. The summed E-state index contributed by atoms with van der Waals surface area (Å²) in [6, 6.07) is 10.4. The van der Waals surface area contributed by atoms with Crippen molar-refractivity contribution < 1.29 is 8.42 Å². The highest BCUT2D eigenvalue weighted by molar-refractivity contribution is 7.89. The molecular weight excluding hydrogens is 363 g/mol. The molecule has 1 N–H and O–H groups in total. The third-order valence-corrected chi connectivity index (χ3v) is 6.19. The minimum Gasteiger partial charge on any atom is -0.307 e. The molecule has 1 unspecified atom stereocenters. The van der Waals surface area contributed by atoms with Crippen LogP contribution in [0.25, 0.3) is 0 Å². The van der Waals surface area contributed by atoms with Crippen LogP contribution in [0.1, 0.15) is 11.6 Å². The molecule has 0 aliphatic rings. The fourth-order valence-electron chi connectivity index (χ4n) is 2.02. The lowest BCUT2D eigenvalue weighted by Gasteiger charge is -2.22. The molecule has 0 saturated heterocycles. The van der Waals surface area contributed by atoms with Gasteiger partial charge in [-0.25, -0.2) is 13.1 Å². The molecular formula is C14H16Cl2N2O2S2. The molecule has 1 aromatic carbocycles. The van der Waals surface area contributed by atoms with E-state index in [1.165, 1.54) is 6.07 Å². The Labute approximate surface area is 144 Å². The highest BCUT2D eigenvalue weighted by atomic mass is 35.5. The Balaban J connectivity index is 2.32. The van der Waals surface area contributed by atoms with E-state index in [1.54, 1.807) is 0 Å². The third-order valence-electron chi connectivity index (χ3n) is 2.96. The molecule has 0 amide bonds. The number of thiophene rings is 1. The predicted octanol–water partition coefficient (Wildman–Crippen LogP) is 3.64. The monoisotopic (exact) mass is 378 g/mol. The Morgan fingerprint density at radius 3 is 2.36 bits per heavy atom. The zero-order valence-corrected chi connectivity index (χ0v) is 15.2. The normalized spacial score (nSPS) is 13.5. The molecule has 1 heterocycles. The average Bonchev–Trinajstić information content (AvgIpc) is 2.78. The van der Waals surface area contributed by atoms with Gasteiger partial charge >= 0.3 is 0 Å². The van der Waals surface area contributed by atoms with Crippen LogP contribution in [0.5, 0.6) is 0 Å². The van der Waals surface area contributed by atoms with Gasteiger partial charge in [0, 0.05) is 6.54 Å². The molecule has 0 fully saturated rings. The smallest absolute Gasteiger partial charge is 0.243 e. The SMILES string of the molecule is CN(C)CC(NS(=O)(=O)c1cc(Cl)sc1Cl)c1ccccc1. The van der Waals surface area contributed by atoms with Crippen molar-refractivity contribution in [1.29, 1.82) is 0 Å². The zero-order chi connectivity index (χ0) is 16.3. The van der Waals surface area contributed by atoms with Crippen molar-refractivity contribution >= 4 is 44.6 Å². The van der Waals surface area contributed by atoms with E-state index in [9.17, 15) is 8.42 Å². The number of sulfonamides is 1. The van der Waals surface area contributed by atoms with E-state index < -0.39 is 10.0 Å². The predicted molar refractivity (Wildman–Crippen MR) is 92.4 cm³/mol. The van der Waals surface area contributed by atoms with Gasteiger partial charge in [-0.1, -0.05) is 53.5 Å². The summed E-state index contributed by atoms with van der Waals surface area (Å²) in [5.74, 6) is 0. The number of hydrogen-bond acceptors (Lipinski definition) is 4. The summed E-state index contributed by atoms with van der Waals surface area (Å²) in [6.45, 7) is 0.527. The second kappa shape index (κ2) is 7.29. The van der Waals surface area contributed by atoms with Gasteiger partial charge in [0.2, 0.25) is 10.0 Å². The van der Waals surface area contributed by atoms with E-state index in [4.69, 9.17) is 23.2 Å². The van der Waals surface area contributed by atoms with Crippen molar-refractivity contribution in [3.05, 3.63) is 50.6 Å². The van der Waals surface area contributed by atoms with Crippen molar-refractivity contribution in [3.63, 3.8) is 0 Å². The minimum atomic E-state index is -3.75. The molecule has 1 atom stereocenters. The molecule has 0 aliphatic heterocycles. The lowest BCUT2D eigenvalue weighted by Crippen LogP contribution is -2.35. The average molecular weight is 379 g/mol. The maximum Gasteiger partial charge on any atom is 0.243 e. The van der Waals surface area contributed by atoms with Crippen LogP contribution in [-0.2, 0) is 10.0 Å². The largest absolute Gasteiger partial charge is 0.307 e. The Hall–Kier alpha value is -0.630. The quantitative estimate of drug-likeness (QED) is 0.834. The first kappa shape index (κ1) is 17.7. The van der Waals surface area contributed by atoms with Crippen LogP contribution in [0.15, 0.2) is 41.3 Å². The van der Waals surface area contributed by atoms with Crippen LogP contribution >= 0.6 is 34.5 Å². The zero-order valence-electron chi connectivity index (χ0n) is 12.1. The second-order valence-electron chi connectivity index (χ2n) is 5.04. The summed E-state index contributed by atoms with van der Waals surface area (Å²) in [7, 11) is 0.0294. The lowest BCUT2D eigenvalue weighted by molar-refractivity contribution is 0.363. The molecule has 120 valence electrons. The summed E-state index contributed by atoms with van der Waals surface area (Å²) in [5.41, 5.74) is 0.886. The van der Waals surface area contributed by atoms with Crippen molar-refractivity contribution in [2.24, 2.45) is 0 Å². The molecule has 2 aromatic rings. The number of benzene rings is 1. The van der Waals surface area contributed by atoms with Crippen molar-refractivity contribution in [1.82, 2.24) is 9.62 Å². The lowest BCUT2D eigenvalue weighted by atomic mass is 10.1. The van der Waals surface area contributed by atoms with Crippen LogP contribution in [-0.4, -0.2) is 34.0 Å². The van der Waals surface area contributed by atoms with Crippen molar-refractivity contribution in [2.75, 3.05) is 20.6 Å². The van der Waals surface area contributed by atoms with E-state index in [-0.39, 0.29) is 15.3 Å². The Bertz CT molecular complexity index is 731. The number of nitrogens with zero attached hydrogens (tertiary/aromatic N) is 1. The number of rotatable bonds is 6. The molecule has 22 heavy (non-hydrogen) atoms. The molecule has 8 heteroatoms. The number of nitrogens with one attached hydrogen (secondary N) is 1. The molecule has 0 saturated carbocycles. The minimum absolute atomic E-state index is 0.0175. The molecule has 2 rings (SSSR count). The molecule has 0 radical (unpaired) electrons. The molecule has 0 spiro atoms. The Morgan fingerprint density at radius 1 is 1.23 bits per heavy atom.